The number of fused-ring (bicyclic) bond motifs is 3. The molecule has 0 aromatic heterocycles. The van der Waals surface area contributed by atoms with Crippen LogP contribution in [0.1, 0.15) is 55.6 Å². The summed E-state index contributed by atoms with van der Waals surface area (Å²) in [5.41, 5.74) is 15.9. The van der Waals surface area contributed by atoms with E-state index in [9.17, 15) is 0 Å². The Labute approximate surface area is 186 Å². The van der Waals surface area contributed by atoms with Crippen LogP contribution in [0.4, 0.5) is 0 Å². The molecule has 0 heterocycles. The summed E-state index contributed by atoms with van der Waals surface area (Å²) in [6.07, 6.45) is 0. The number of benzene rings is 4. The third kappa shape index (κ3) is 2.82. The van der Waals surface area contributed by atoms with Gasteiger partial charge in [-0.25, -0.2) is 0 Å². The van der Waals surface area contributed by atoms with E-state index >= 15 is 0 Å². The number of rotatable bonds is 2. The van der Waals surface area contributed by atoms with Crippen LogP contribution in [-0.2, 0) is 5.41 Å². The van der Waals surface area contributed by atoms with Crippen molar-refractivity contribution in [3.05, 3.63) is 128 Å². The molecule has 0 saturated heterocycles. The largest absolute Gasteiger partial charge is 0.0713 e. The summed E-state index contributed by atoms with van der Waals surface area (Å²) in [6.45, 7) is 13.3. The van der Waals surface area contributed by atoms with Gasteiger partial charge in [0.1, 0.15) is 0 Å². The van der Waals surface area contributed by atoms with Gasteiger partial charge in [-0.15, -0.1) is 0 Å². The molecule has 31 heavy (non-hydrogen) atoms. The van der Waals surface area contributed by atoms with E-state index in [1.165, 1.54) is 66.8 Å². The average Bonchev–Trinajstić information content (AvgIpc) is 2.99. The Kier molecular flexibility index (Phi) is 4.45. The standard InChI is InChI=1S/C31H30/c1-19-7-11-25(12-8-19)31(26-13-9-20(2)10-14-26)29-17-23(5)21(3)15-27(29)28-16-22(4)24(6)18-30(28)31/h7-18H,1-6H3. The maximum atomic E-state index is 2.44. The van der Waals surface area contributed by atoms with E-state index in [1.807, 2.05) is 0 Å². The zero-order valence-corrected chi connectivity index (χ0v) is 19.4. The first-order chi connectivity index (χ1) is 14.8. The van der Waals surface area contributed by atoms with E-state index in [-0.39, 0.29) is 5.41 Å². The van der Waals surface area contributed by atoms with Crippen molar-refractivity contribution in [3.63, 3.8) is 0 Å². The lowest BCUT2D eigenvalue weighted by molar-refractivity contribution is 0.765. The second kappa shape index (κ2) is 6.95. The van der Waals surface area contributed by atoms with Crippen molar-refractivity contribution in [3.8, 4) is 11.1 Å². The van der Waals surface area contributed by atoms with Gasteiger partial charge in [-0.2, -0.15) is 0 Å². The highest BCUT2D eigenvalue weighted by atomic mass is 14.5. The van der Waals surface area contributed by atoms with Crippen molar-refractivity contribution in [1.29, 1.82) is 0 Å². The van der Waals surface area contributed by atoms with E-state index < -0.39 is 0 Å². The lowest BCUT2D eigenvalue weighted by atomic mass is 9.67. The van der Waals surface area contributed by atoms with E-state index in [4.69, 9.17) is 0 Å². The fraction of sp³-hybridized carbons (Fsp3) is 0.226. The van der Waals surface area contributed by atoms with Crippen molar-refractivity contribution in [2.75, 3.05) is 0 Å². The van der Waals surface area contributed by atoms with Gasteiger partial charge in [0.2, 0.25) is 0 Å². The van der Waals surface area contributed by atoms with E-state index in [1.54, 1.807) is 0 Å². The summed E-state index contributed by atoms with van der Waals surface area (Å²) in [4.78, 5) is 0. The zero-order chi connectivity index (χ0) is 21.9. The van der Waals surface area contributed by atoms with Crippen molar-refractivity contribution < 1.29 is 0 Å². The Bertz CT molecular complexity index is 1200. The van der Waals surface area contributed by atoms with Crippen molar-refractivity contribution in [1.82, 2.24) is 0 Å². The summed E-state index contributed by atoms with van der Waals surface area (Å²) >= 11 is 0. The molecule has 0 fully saturated rings. The second-order valence-corrected chi connectivity index (χ2v) is 9.45. The predicted octanol–water partition coefficient (Wildman–Crippen LogP) is 7.90. The van der Waals surface area contributed by atoms with Gasteiger partial charge >= 0.3 is 0 Å². The van der Waals surface area contributed by atoms with E-state index in [2.05, 4.69) is 114 Å². The Hall–Kier alpha value is -3.12. The van der Waals surface area contributed by atoms with Gasteiger partial charge in [-0.1, -0.05) is 83.9 Å². The molecule has 0 amide bonds. The van der Waals surface area contributed by atoms with Crippen LogP contribution in [0.3, 0.4) is 0 Å². The van der Waals surface area contributed by atoms with Gasteiger partial charge in [0.25, 0.3) is 0 Å². The van der Waals surface area contributed by atoms with Crippen LogP contribution in [0, 0.1) is 41.5 Å². The van der Waals surface area contributed by atoms with Gasteiger partial charge in [0, 0.05) is 0 Å². The molecule has 4 aromatic carbocycles. The number of hydrogen-bond donors (Lipinski definition) is 0. The molecule has 0 aliphatic heterocycles. The fourth-order valence-electron chi connectivity index (χ4n) is 5.24. The highest BCUT2D eigenvalue weighted by molar-refractivity contribution is 5.87. The maximum absolute atomic E-state index is 2.44. The maximum Gasteiger partial charge on any atom is 0.0713 e. The molecule has 0 unspecified atom stereocenters. The minimum absolute atomic E-state index is 0.303. The highest BCUT2D eigenvalue weighted by Crippen LogP contribution is 2.57. The topological polar surface area (TPSA) is 0 Å². The Morgan fingerprint density at radius 2 is 0.742 bits per heavy atom. The van der Waals surface area contributed by atoms with Crippen LogP contribution in [0.25, 0.3) is 11.1 Å². The quantitative estimate of drug-likeness (QED) is 0.281. The molecule has 0 spiro atoms. The molecule has 0 saturated carbocycles. The molecule has 1 aliphatic carbocycles. The molecule has 154 valence electrons. The molecule has 0 heteroatoms. The summed E-state index contributed by atoms with van der Waals surface area (Å²) in [6, 6.07) is 28.0. The normalized spacial score (nSPS) is 13.7. The van der Waals surface area contributed by atoms with Crippen molar-refractivity contribution in [2.45, 2.75) is 47.0 Å². The molecular formula is C31H30. The van der Waals surface area contributed by atoms with Gasteiger partial charge in [0.15, 0.2) is 0 Å². The zero-order valence-electron chi connectivity index (χ0n) is 19.4. The van der Waals surface area contributed by atoms with Gasteiger partial charge in [-0.3, -0.25) is 0 Å². The summed E-state index contributed by atoms with van der Waals surface area (Å²) in [5, 5.41) is 0. The number of aryl methyl sites for hydroxylation is 6. The van der Waals surface area contributed by atoms with Crippen LogP contribution < -0.4 is 0 Å². The second-order valence-electron chi connectivity index (χ2n) is 9.45. The Morgan fingerprint density at radius 1 is 0.419 bits per heavy atom. The van der Waals surface area contributed by atoms with Gasteiger partial charge in [0.05, 0.1) is 5.41 Å². The van der Waals surface area contributed by atoms with Crippen LogP contribution in [0.2, 0.25) is 0 Å². The molecule has 0 bridgehead atoms. The van der Waals surface area contributed by atoms with Crippen LogP contribution >= 0.6 is 0 Å². The minimum atomic E-state index is -0.303. The molecule has 0 radical (unpaired) electrons. The first-order valence-electron chi connectivity index (χ1n) is 11.2. The van der Waals surface area contributed by atoms with E-state index in [0.29, 0.717) is 0 Å². The summed E-state index contributed by atoms with van der Waals surface area (Å²) in [7, 11) is 0. The lowest BCUT2D eigenvalue weighted by Crippen LogP contribution is -2.29. The monoisotopic (exact) mass is 402 g/mol. The van der Waals surface area contributed by atoms with E-state index in [0.717, 1.165) is 0 Å². The van der Waals surface area contributed by atoms with Crippen LogP contribution in [0.5, 0.6) is 0 Å². The lowest BCUT2D eigenvalue weighted by Gasteiger charge is -2.34. The van der Waals surface area contributed by atoms with Gasteiger partial charge in [-0.05, 0) is 97.2 Å². The first-order valence-corrected chi connectivity index (χ1v) is 11.2. The molecule has 4 aromatic rings. The third-order valence-electron chi connectivity index (χ3n) is 7.34. The van der Waals surface area contributed by atoms with Crippen molar-refractivity contribution >= 4 is 0 Å². The summed E-state index contributed by atoms with van der Waals surface area (Å²) in [5.74, 6) is 0. The molecular weight excluding hydrogens is 372 g/mol. The van der Waals surface area contributed by atoms with Crippen LogP contribution in [0.15, 0.2) is 72.8 Å². The fourth-order valence-corrected chi connectivity index (χ4v) is 5.24. The molecule has 0 nitrogen and oxygen atoms in total. The molecule has 5 rings (SSSR count). The number of hydrogen-bond acceptors (Lipinski definition) is 0. The Morgan fingerprint density at radius 3 is 1.10 bits per heavy atom. The van der Waals surface area contributed by atoms with Gasteiger partial charge < -0.3 is 0 Å². The SMILES string of the molecule is Cc1ccc(C2(c3ccc(C)cc3)c3cc(C)c(C)cc3-c3cc(C)c(C)cc32)cc1. The highest BCUT2D eigenvalue weighted by Gasteiger charge is 2.46. The molecule has 1 aliphatic rings. The predicted molar refractivity (Wildman–Crippen MR) is 132 cm³/mol. The molecule has 0 atom stereocenters. The Balaban J connectivity index is 1.99. The molecule has 0 N–H and O–H groups in total. The van der Waals surface area contributed by atoms with Crippen molar-refractivity contribution in [2.24, 2.45) is 0 Å². The average molecular weight is 403 g/mol. The van der Waals surface area contributed by atoms with Crippen LogP contribution in [-0.4, -0.2) is 0 Å². The summed E-state index contributed by atoms with van der Waals surface area (Å²) < 4.78 is 0. The first kappa shape index (κ1) is 19.8. The smallest absolute Gasteiger partial charge is 0.0590 e. The third-order valence-corrected chi connectivity index (χ3v) is 7.34. The minimum Gasteiger partial charge on any atom is -0.0590 e.